The maximum atomic E-state index is 10.2. The Labute approximate surface area is 160 Å². The molecule has 0 atom stereocenters. The minimum absolute atomic E-state index is 0.326. The SMILES string of the molecule is C=CCCCCCCCCC(=O)O.CCCCCCCCC=CC(=O)O. The molecule has 0 aliphatic carbocycles. The Hall–Kier alpha value is -1.58. The highest BCUT2D eigenvalue weighted by molar-refractivity contribution is 5.79. The van der Waals surface area contributed by atoms with Gasteiger partial charge in [-0.25, -0.2) is 4.79 Å². The lowest BCUT2D eigenvalue weighted by Gasteiger charge is -1.98. The van der Waals surface area contributed by atoms with Crippen LogP contribution in [0.2, 0.25) is 0 Å². The molecule has 0 rings (SSSR count). The van der Waals surface area contributed by atoms with E-state index in [0.717, 1.165) is 32.1 Å². The lowest BCUT2D eigenvalue weighted by molar-refractivity contribution is -0.137. The van der Waals surface area contributed by atoms with E-state index in [1.807, 2.05) is 6.08 Å². The molecule has 0 spiro atoms. The van der Waals surface area contributed by atoms with Gasteiger partial charge in [0.1, 0.15) is 0 Å². The van der Waals surface area contributed by atoms with Crippen molar-refractivity contribution in [2.24, 2.45) is 0 Å². The normalized spacial score (nSPS) is 10.3. The van der Waals surface area contributed by atoms with Crippen LogP contribution in [0.25, 0.3) is 0 Å². The minimum atomic E-state index is -0.842. The second kappa shape index (κ2) is 23.4. The van der Waals surface area contributed by atoms with Gasteiger partial charge in [0, 0.05) is 12.5 Å². The molecule has 152 valence electrons. The molecule has 0 aliphatic rings. The summed E-state index contributed by atoms with van der Waals surface area (Å²) in [5.41, 5.74) is 0. The third-order valence-electron chi connectivity index (χ3n) is 4.03. The standard InChI is InChI=1S/2C11H20O2/c2*1-2-3-4-5-6-7-8-9-10-11(12)13/h9-10H,2-8H2,1H3,(H,12,13);2H,1,3-10H2,(H,12,13). The molecule has 0 heterocycles. The first-order valence-corrected chi connectivity index (χ1v) is 10.3. The Morgan fingerprint density at radius 3 is 1.77 bits per heavy atom. The van der Waals surface area contributed by atoms with Gasteiger partial charge in [-0.1, -0.05) is 76.9 Å². The van der Waals surface area contributed by atoms with E-state index in [1.54, 1.807) is 6.08 Å². The topological polar surface area (TPSA) is 74.6 Å². The fraction of sp³-hybridized carbons (Fsp3) is 0.727. The summed E-state index contributed by atoms with van der Waals surface area (Å²) in [7, 11) is 0. The third kappa shape index (κ3) is 30.3. The van der Waals surface area contributed by atoms with E-state index in [2.05, 4.69) is 13.5 Å². The summed E-state index contributed by atoms with van der Waals surface area (Å²) in [6.45, 7) is 5.87. The van der Waals surface area contributed by atoms with E-state index in [-0.39, 0.29) is 0 Å². The molecule has 0 radical (unpaired) electrons. The summed E-state index contributed by atoms with van der Waals surface area (Å²) >= 11 is 0. The second-order valence-corrected chi connectivity index (χ2v) is 6.64. The van der Waals surface area contributed by atoms with Crippen molar-refractivity contribution < 1.29 is 19.8 Å². The number of allylic oxidation sites excluding steroid dienone is 2. The number of hydrogen-bond acceptors (Lipinski definition) is 2. The monoisotopic (exact) mass is 368 g/mol. The highest BCUT2D eigenvalue weighted by atomic mass is 16.4. The summed E-state index contributed by atoms with van der Waals surface area (Å²) in [6.07, 6.45) is 21.6. The molecular formula is C22H40O4. The molecule has 26 heavy (non-hydrogen) atoms. The Morgan fingerprint density at radius 2 is 1.27 bits per heavy atom. The van der Waals surface area contributed by atoms with Gasteiger partial charge in [0.05, 0.1) is 0 Å². The van der Waals surface area contributed by atoms with Crippen LogP contribution >= 0.6 is 0 Å². The highest BCUT2D eigenvalue weighted by Crippen LogP contribution is 2.08. The van der Waals surface area contributed by atoms with Gasteiger partial charge in [0.2, 0.25) is 0 Å². The first-order valence-electron chi connectivity index (χ1n) is 10.3. The molecule has 0 amide bonds. The molecule has 2 N–H and O–H groups in total. The van der Waals surface area contributed by atoms with Crippen molar-refractivity contribution in [2.75, 3.05) is 0 Å². The molecular weight excluding hydrogens is 328 g/mol. The smallest absolute Gasteiger partial charge is 0.327 e. The molecule has 4 heteroatoms. The third-order valence-corrected chi connectivity index (χ3v) is 4.03. The van der Waals surface area contributed by atoms with Gasteiger partial charge < -0.3 is 10.2 Å². The van der Waals surface area contributed by atoms with Crippen LogP contribution in [0.3, 0.4) is 0 Å². The Morgan fingerprint density at radius 1 is 0.769 bits per heavy atom. The molecule has 4 nitrogen and oxygen atoms in total. The fourth-order valence-electron chi connectivity index (χ4n) is 2.50. The summed E-state index contributed by atoms with van der Waals surface area (Å²) in [6, 6.07) is 0. The van der Waals surface area contributed by atoms with Gasteiger partial charge in [-0.2, -0.15) is 0 Å². The predicted molar refractivity (Wildman–Crippen MR) is 110 cm³/mol. The van der Waals surface area contributed by atoms with Crippen molar-refractivity contribution in [1.29, 1.82) is 0 Å². The highest BCUT2D eigenvalue weighted by Gasteiger charge is 1.95. The van der Waals surface area contributed by atoms with Crippen LogP contribution in [-0.2, 0) is 9.59 Å². The van der Waals surface area contributed by atoms with E-state index < -0.39 is 11.9 Å². The second-order valence-electron chi connectivity index (χ2n) is 6.64. The van der Waals surface area contributed by atoms with Crippen LogP contribution in [0.4, 0.5) is 0 Å². The number of unbranched alkanes of at least 4 members (excludes halogenated alkanes) is 12. The summed E-state index contributed by atoms with van der Waals surface area (Å²) in [5.74, 6) is -1.52. The molecule has 0 fully saturated rings. The minimum Gasteiger partial charge on any atom is -0.481 e. The maximum absolute atomic E-state index is 10.2. The van der Waals surface area contributed by atoms with Crippen molar-refractivity contribution in [3.05, 3.63) is 24.8 Å². The maximum Gasteiger partial charge on any atom is 0.327 e. The zero-order valence-electron chi connectivity index (χ0n) is 16.8. The van der Waals surface area contributed by atoms with E-state index >= 15 is 0 Å². The molecule has 0 saturated heterocycles. The number of rotatable bonds is 17. The van der Waals surface area contributed by atoms with E-state index in [1.165, 1.54) is 63.9 Å². The lowest BCUT2D eigenvalue weighted by atomic mass is 10.1. The summed E-state index contributed by atoms with van der Waals surface area (Å²) in [5, 5.41) is 16.7. The molecule has 0 bridgehead atoms. The fourth-order valence-corrected chi connectivity index (χ4v) is 2.50. The summed E-state index contributed by atoms with van der Waals surface area (Å²) in [4.78, 5) is 20.2. The largest absolute Gasteiger partial charge is 0.481 e. The van der Waals surface area contributed by atoms with Gasteiger partial charge in [-0.15, -0.1) is 6.58 Å². The van der Waals surface area contributed by atoms with Crippen LogP contribution in [0.15, 0.2) is 24.8 Å². The molecule has 0 aliphatic heterocycles. The first-order chi connectivity index (χ1) is 12.5. The predicted octanol–water partition coefficient (Wildman–Crippen LogP) is 6.76. The van der Waals surface area contributed by atoms with Gasteiger partial charge >= 0.3 is 11.9 Å². The van der Waals surface area contributed by atoms with E-state index in [4.69, 9.17) is 10.2 Å². The Balaban J connectivity index is 0. The average molecular weight is 369 g/mol. The number of carbonyl (C=O) groups is 2. The number of hydrogen-bond donors (Lipinski definition) is 2. The van der Waals surface area contributed by atoms with Gasteiger partial charge in [-0.3, -0.25) is 4.79 Å². The zero-order valence-corrected chi connectivity index (χ0v) is 16.8. The number of carboxylic acid groups (broad SMARTS) is 2. The van der Waals surface area contributed by atoms with Crippen LogP contribution < -0.4 is 0 Å². The van der Waals surface area contributed by atoms with Gasteiger partial charge in [0.25, 0.3) is 0 Å². The van der Waals surface area contributed by atoms with Crippen molar-refractivity contribution >= 4 is 11.9 Å². The molecule has 0 unspecified atom stereocenters. The van der Waals surface area contributed by atoms with E-state index in [0.29, 0.717) is 6.42 Å². The first kappa shape index (κ1) is 26.6. The van der Waals surface area contributed by atoms with Crippen LogP contribution in [0.5, 0.6) is 0 Å². The van der Waals surface area contributed by atoms with E-state index in [9.17, 15) is 9.59 Å². The van der Waals surface area contributed by atoms with Crippen molar-refractivity contribution in [3.63, 3.8) is 0 Å². The number of carboxylic acids is 2. The quantitative estimate of drug-likeness (QED) is 0.169. The Bertz CT molecular complexity index is 361. The van der Waals surface area contributed by atoms with Gasteiger partial charge in [0.15, 0.2) is 0 Å². The average Bonchev–Trinajstić information content (AvgIpc) is 2.60. The molecule has 0 saturated carbocycles. The molecule has 0 aromatic rings. The van der Waals surface area contributed by atoms with Crippen molar-refractivity contribution in [1.82, 2.24) is 0 Å². The summed E-state index contributed by atoms with van der Waals surface area (Å²) < 4.78 is 0. The van der Waals surface area contributed by atoms with Crippen LogP contribution in [0.1, 0.15) is 103 Å². The number of aliphatic carboxylic acids is 2. The Kier molecular flexibility index (Phi) is 24.0. The molecule has 0 aromatic carbocycles. The lowest BCUT2D eigenvalue weighted by Crippen LogP contribution is -1.93. The van der Waals surface area contributed by atoms with Crippen LogP contribution in [0, 0.1) is 0 Å². The zero-order chi connectivity index (χ0) is 19.9. The van der Waals surface area contributed by atoms with Gasteiger partial charge in [-0.05, 0) is 32.1 Å². The van der Waals surface area contributed by atoms with Crippen molar-refractivity contribution in [3.8, 4) is 0 Å². The van der Waals surface area contributed by atoms with Crippen molar-refractivity contribution in [2.45, 2.75) is 103 Å². The molecule has 0 aromatic heterocycles. The van der Waals surface area contributed by atoms with Crippen LogP contribution in [-0.4, -0.2) is 22.2 Å².